The molecule has 2 heteroatoms. The number of hydrogen-bond acceptors (Lipinski definition) is 2. The Morgan fingerprint density at radius 2 is 2.00 bits per heavy atom. The molecule has 2 rings (SSSR count). The molecule has 0 aliphatic carbocycles. The summed E-state index contributed by atoms with van der Waals surface area (Å²) in [6.45, 7) is 6.43. The van der Waals surface area contributed by atoms with Gasteiger partial charge in [-0.1, -0.05) is 25.5 Å². The lowest BCUT2D eigenvalue weighted by Gasteiger charge is -2.10. The first-order valence-electron chi connectivity index (χ1n) is 5.82. The van der Waals surface area contributed by atoms with Crippen molar-refractivity contribution in [2.45, 2.75) is 33.2 Å². The zero-order valence-electron chi connectivity index (χ0n) is 10.2. The molecule has 0 saturated carbocycles. The second-order valence-corrected chi connectivity index (χ2v) is 4.93. The van der Waals surface area contributed by atoms with E-state index in [0.717, 1.165) is 23.2 Å². The first-order chi connectivity index (χ1) is 7.56. The second-order valence-electron chi connectivity index (χ2n) is 4.93. The molecule has 0 aliphatic heterocycles. The zero-order valence-corrected chi connectivity index (χ0v) is 10.2. The van der Waals surface area contributed by atoms with E-state index in [9.17, 15) is 0 Å². The maximum Gasteiger partial charge on any atom is 0.134 e. The SMILES string of the molecule is Cc1ccc2oc([C@H](N)CC(C)C)cc2c1. The molecule has 0 radical (unpaired) electrons. The van der Waals surface area contributed by atoms with Gasteiger partial charge in [0.05, 0.1) is 6.04 Å². The molecule has 1 heterocycles. The smallest absolute Gasteiger partial charge is 0.134 e. The van der Waals surface area contributed by atoms with Gasteiger partial charge in [-0.25, -0.2) is 0 Å². The molecular formula is C14H19NO. The van der Waals surface area contributed by atoms with Crippen LogP contribution >= 0.6 is 0 Å². The highest BCUT2D eigenvalue weighted by Gasteiger charge is 2.13. The molecule has 0 amide bonds. The summed E-state index contributed by atoms with van der Waals surface area (Å²) in [7, 11) is 0. The lowest BCUT2D eigenvalue weighted by molar-refractivity contribution is 0.431. The summed E-state index contributed by atoms with van der Waals surface area (Å²) >= 11 is 0. The van der Waals surface area contributed by atoms with Gasteiger partial charge in [-0.15, -0.1) is 0 Å². The fourth-order valence-electron chi connectivity index (χ4n) is 1.99. The topological polar surface area (TPSA) is 39.2 Å². The highest BCUT2D eigenvalue weighted by molar-refractivity contribution is 5.78. The van der Waals surface area contributed by atoms with Crippen LogP contribution in [0.3, 0.4) is 0 Å². The molecule has 16 heavy (non-hydrogen) atoms. The Morgan fingerprint density at radius 1 is 1.25 bits per heavy atom. The van der Waals surface area contributed by atoms with Crippen molar-refractivity contribution < 1.29 is 4.42 Å². The summed E-state index contributed by atoms with van der Waals surface area (Å²) in [4.78, 5) is 0. The van der Waals surface area contributed by atoms with Crippen molar-refractivity contribution in [1.29, 1.82) is 0 Å². The fourth-order valence-corrected chi connectivity index (χ4v) is 1.99. The van der Waals surface area contributed by atoms with Gasteiger partial charge in [0.15, 0.2) is 0 Å². The fraction of sp³-hybridized carbons (Fsp3) is 0.429. The van der Waals surface area contributed by atoms with Crippen LogP contribution in [0.1, 0.15) is 37.6 Å². The van der Waals surface area contributed by atoms with Gasteiger partial charge in [-0.3, -0.25) is 0 Å². The Kier molecular flexibility index (Phi) is 3.01. The van der Waals surface area contributed by atoms with E-state index in [0.29, 0.717) is 5.92 Å². The van der Waals surface area contributed by atoms with Crippen LogP contribution in [0.15, 0.2) is 28.7 Å². The van der Waals surface area contributed by atoms with Gasteiger partial charge in [0.25, 0.3) is 0 Å². The van der Waals surface area contributed by atoms with Crippen LogP contribution < -0.4 is 5.73 Å². The quantitative estimate of drug-likeness (QED) is 0.849. The van der Waals surface area contributed by atoms with Crippen molar-refractivity contribution in [1.82, 2.24) is 0 Å². The first kappa shape index (κ1) is 11.2. The van der Waals surface area contributed by atoms with Crippen LogP contribution in [-0.2, 0) is 0 Å². The Labute approximate surface area is 96.4 Å². The van der Waals surface area contributed by atoms with Crippen LogP contribution in [0.25, 0.3) is 11.0 Å². The zero-order chi connectivity index (χ0) is 11.7. The average Bonchev–Trinajstić information content (AvgIpc) is 2.59. The first-order valence-corrected chi connectivity index (χ1v) is 5.82. The van der Waals surface area contributed by atoms with Crippen molar-refractivity contribution in [2.24, 2.45) is 11.7 Å². The van der Waals surface area contributed by atoms with Gasteiger partial charge < -0.3 is 10.2 Å². The standard InChI is InChI=1S/C14H19NO/c1-9(2)6-12(15)14-8-11-7-10(3)4-5-13(11)16-14/h4-5,7-9,12H,6,15H2,1-3H3/t12-/m1/s1. The monoisotopic (exact) mass is 217 g/mol. The summed E-state index contributed by atoms with van der Waals surface area (Å²) in [5.41, 5.74) is 8.28. The molecule has 1 aromatic heterocycles. The molecule has 2 nitrogen and oxygen atoms in total. The lowest BCUT2D eigenvalue weighted by Crippen LogP contribution is -2.11. The van der Waals surface area contributed by atoms with E-state index in [1.54, 1.807) is 0 Å². The normalized spacial score (nSPS) is 13.6. The number of furan rings is 1. The molecule has 0 fully saturated rings. The lowest BCUT2D eigenvalue weighted by atomic mass is 10.0. The summed E-state index contributed by atoms with van der Waals surface area (Å²) < 4.78 is 5.76. The Hall–Kier alpha value is -1.28. The van der Waals surface area contributed by atoms with Gasteiger partial charge in [-0.2, -0.15) is 0 Å². The third-order valence-electron chi connectivity index (χ3n) is 2.78. The molecule has 0 spiro atoms. The van der Waals surface area contributed by atoms with E-state index >= 15 is 0 Å². The van der Waals surface area contributed by atoms with E-state index < -0.39 is 0 Å². The van der Waals surface area contributed by atoms with Crippen LogP contribution in [0.5, 0.6) is 0 Å². The van der Waals surface area contributed by atoms with E-state index in [1.807, 2.05) is 6.07 Å². The third kappa shape index (κ3) is 2.27. The Bertz CT molecular complexity index is 484. The van der Waals surface area contributed by atoms with Crippen LogP contribution in [0, 0.1) is 12.8 Å². The number of nitrogens with two attached hydrogens (primary N) is 1. The van der Waals surface area contributed by atoms with Crippen molar-refractivity contribution in [3.63, 3.8) is 0 Å². The molecule has 2 N–H and O–H groups in total. The number of fused-ring (bicyclic) bond motifs is 1. The number of benzene rings is 1. The number of rotatable bonds is 3. The van der Waals surface area contributed by atoms with Crippen molar-refractivity contribution in [3.8, 4) is 0 Å². The van der Waals surface area contributed by atoms with Gasteiger partial charge >= 0.3 is 0 Å². The summed E-state index contributed by atoms with van der Waals surface area (Å²) in [6, 6.07) is 8.27. The molecule has 86 valence electrons. The van der Waals surface area contributed by atoms with E-state index in [2.05, 4.69) is 39.0 Å². The van der Waals surface area contributed by atoms with E-state index in [4.69, 9.17) is 10.2 Å². The summed E-state index contributed by atoms with van der Waals surface area (Å²) in [5.74, 6) is 1.49. The molecule has 2 aromatic rings. The van der Waals surface area contributed by atoms with E-state index in [-0.39, 0.29) is 6.04 Å². The predicted octanol–water partition coefficient (Wildman–Crippen LogP) is 3.79. The molecule has 0 unspecified atom stereocenters. The van der Waals surface area contributed by atoms with Gasteiger partial charge in [0.2, 0.25) is 0 Å². The largest absolute Gasteiger partial charge is 0.459 e. The van der Waals surface area contributed by atoms with Crippen molar-refractivity contribution in [3.05, 3.63) is 35.6 Å². The third-order valence-corrected chi connectivity index (χ3v) is 2.78. The highest BCUT2D eigenvalue weighted by Crippen LogP contribution is 2.26. The van der Waals surface area contributed by atoms with Crippen molar-refractivity contribution in [2.75, 3.05) is 0 Å². The van der Waals surface area contributed by atoms with Crippen LogP contribution in [0.4, 0.5) is 0 Å². The summed E-state index contributed by atoms with van der Waals surface area (Å²) in [6.07, 6.45) is 0.957. The molecule has 0 bridgehead atoms. The van der Waals surface area contributed by atoms with Gasteiger partial charge in [-0.05, 0) is 37.5 Å². The van der Waals surface area contributed by atoms with Gasteiger partial charge in [0.1, 0.15) is 11.3 Å². The minimum absolute atomic E-state index is 0.00714. The molecule has 0 aliphatic rings. The minimum atomic E-state index is 0.00714. The average molecular weight is 217 g/mol. The number of aryl methyl sites for hydroxylation is 1. The molecule has 1 atom stereocenters. The molecule has 0 saturated heterocycles. The summed E-state index contributed by atoms with van der Waals surface area (Å²) in [5, 5.41) is 1.15. The molecular weight excluding hydrogens is 198 g/mol. The van der Waals surface area contributed by atoms with E-state index in [1.165, 1.54) is 5.56 Å². The van der Waals surface area contributed by atoms with Crippen LogP contribution in [0.2, 0.25) is 0 Å². The van der Waals surface area contributed by atoms with Crippen LogP contribution in [-0.4, -0.2) is 0 Å². The highest BCUT2D eigenvalue weighted by atomic mass is 16.3. The maximum atomic E-state index is 6.10. The van der Waals surface area contributed by atoms with Crippen molar-refractivity contribution >= 4 is 11.0 Å². The maximum absolute atomic E-state index is 6.10. The number of hydrogen-bond donors (Lipinski definition) is 1. The second kappa shape index (κ2) is 4.30. The van der Waals surface area contributed by atoms with Gasteiger partial charge in [0, 0.05) is 5.39 Å². The Balaban J connectivity index is 2.32. The Morgan fingerprint density at radius 3 is 2.69 bits per heavy atom. The minimum Gasteiger partial charge on any atom is -0.459 e. The molecule has 1 aromatic carbocycles. The predicted molar refractivity (Wildman–Crippen MR) is 67.3 cm³/mol.